The van der Waals surface area contributed by atoms with Crippen LogP contribution < -0.4 is 5.32 Å². The second-order valence-corrected chi connectivity index (χ2v) is 6.69. The van der Waals surface area contributed by atoms with Crippen molar-refractivity contribution in [3.63, 3.8) is 0 Å². The molecule has 0 heterocycles. The molecule has 0 aliphatic carbocycles. The molecule has 1 rings (SSSR count). The first-order valence-corrected chi connectivity index (χ1v) is 9.86. The number of hydrogen-bond acceptors (Lipinski definition) is 2. The van der Waals surface area contributed by atoms with Crippen LogP contribution in [0, 0.1) is 0 Å². The molecule has 0 aliphatic rings. The molecule has 1 aromatic carbocycles. The quantitative estimate of drug-likeness (QED) is 0.376. The minimum atomic E-state index is -0.238. The molecule has 2 N–H and O–H groups in total. The normalized spacial score (nSPS) is 12.4. The summed E-state index contributed by atoms with van der Waals surface area (Å²) < 4.78 is 0. The predicted octanol–water partition coefficient (Wildman–Crippen LogP) is 4.79. The number of hydrogen-bond donors (Lipinski definition) is 2. The Bertz CT molecular complexity index is 470. The summed E-state index contributed by atoms with van der Waals surface area (Å²) in [6.45, 7) is 2.90. The molecule has 3 heteroatoms. The maximum absolute atomic E-state index is 11.8. The maximum Gasteiger partial charge on any atom is 0.220 e. The third-order valence-electron chi connectivity index (χ3n) is 4.33. The van der Waals surface area contributed by atoms with Crippen LogP contribution in [0.25, 0.3) is 0 Å². The molecular weight excluding hydrogens is 310 g/mol. The summed E-state index contributed by atoms with van der Waals surface area (Å²) in [5.74, 6) is 0.0945. The molecular formula is C22H35NO2. The second-order valence-electron chi connectivity index (χ2n) is 6.69. The van der Waals surface area contributed by atoms with Gasteiger partial charge >= 0.3 is 0 Å². The highest BCUT2D eigenvalue weighted by molar-refractivity contribution is 5.75. The van der Waals surface area contributed by atoms with E-state index < -0.39 is 0 Å². The van der Waals surface area contributed by atoms with Crippen molar-refractivity contribution in [2.75, 3.05) is 6.54 Å². The van der Waals surface area contributed by atoms with E-state index in [2.05, 4.69) is 24.4 Å². The number of nitrogens with one attached hydrogen (secondary N) is 1. The van der Waals surface area contributed by atoms with Crippen molar-refractivity contribution >= 4 is 5.91 Å². The molecule has 25 heavy (non-hydrogen) atoms. The van der Waals surface area contributed by atoms with Crippen molar-refractivity contribution in [3.05, 3.63) is 48.0 Å². The van der Waals surface area contributed by atoms with E-state index in [0.717, 1.165) is 25.7 Å². The van der Waals surface area contributed by atoms with Gasteiger partial charge in [0.2, 0.25) is 5.91 Å². The van der Waals surface area contributed by atoms with Crippen LogP contribution in [0.4, 0.5) is 0 Å². The number of carbonyl (C=O) groups is 1. The van der Waals surface area contributed by atoms with Gasteiger partial charge in [0.25, 0.3) is 0 Å². The third kappa shape index (κ3) is 12.4. The number of amides is 1. The molecule has 3 nitrogen and oxygen atoms in total. The number of carbonyl (C=O) groups excluding carboxylic acids is 1. The molecule has 0 aromatic heterocycles. The lowest BCUT2D eigenvalue weighted by atomic mass is 10.1. The number of allylic oxidation sites excluding steroid dienone is 1. The average molecular weight is 346 g/mol. The number of aliphatic hydroxyl groups is 1. The number of benzene rings is 1. The topological polar surface area (TPSA) is 49.3 Å². The van der Waals surface area contributed by atoms with E-state index in [1.54, 1.807) is 0 Å². The smallest absolute Gasteiger partial charge is 0.220 e. The van der Waals surface area contributed by atoms with E-state index in [0.29, 0.717) is 19.4 Å². The van der Waals surface area contributed by atoms with E-state index in [1.165, 1.54) is 31.2 Å². The summed E-state index contributed by atoms with van der Waals surface area (Å²) >= 11 is 0. The molecule has 0 spiro atoms. The summed E-state index contributed by atoms with van der Waals surface area (Å²) in [7, 11) is 0. The zero-order chi connectivity index (χ0) is 18.2. The van der Waals surface area contributed by atoms with Crippen molar-refractivity contribution in [1.29, 1.82) is 0 Å². The van der Waals surface area contributed by atoms with E-state index in [-0.39, 0.29) is 12.0 Å². The van der Waals surface area contributed by atoms with Gasteiger partial charge in [-0.1, -0.05) is 81.5 Å². The van der Waals surface area contributed by atoms with Gasteiger partial charge < -0.3 is 10.4 Å². The Hall–Kier alpha value is -1.61. The highest BCUT2D eigenvalue weighted by Crippen LogP contribution is 2.09. The summed E-state index contributed by atoms with van der Waals surface area (Å²) in [4.78, 5) is 11.8. The third-order valence-corrected chi connectivity index (χ3v) is 4.33. The average Bonchev–Trinajstić information content (AvgIpc) is 2.62. The van der Waals surface area contributed by atoms with E-state index in [4.69, 9.17) is 0 Å². The molecule has 0 bridgehead atoms. The minimum Gasteiger partial charge on any atom is -0.393 e. The monoisotopic (exact) mass is 345 g/mol. The van der Waals surface area contributed by atoms with Gasteiger partial charge in [-0.05, 0) is 31.2 Å². The van der Waals surface area contributed by atoms with E-state index in [1.807, 2.05) is 30.4 Å². The van der Waals surface area contributed by atoms with E-state index in [9.17, 15) is 9.90 Å². The fraction of sp³-hybridized carbons (Fsp3) is 0.591. The largest absolute Gasteiger partial charge is 0.393 e. The van der Waals surface area contributed by atoms with Crippen LogP contribution in [0.2, 0.25) is 0 Å². The fourth-order valence-corrected chi connectivity index (χ4v) is 2.77. The van der Waals surface area contributed by atoms with Crippen LogP contribution in [-0.4, -0.2) is 23.7 Å². The molecule has 1 amide bonds. The van der Waals surface area contributed by atoms with Crippen molar-refractivity contribution in [2.45, 2.75) is 77.2 Å². The lowest BCUT2D eigenvalue weighted by Gasteiger charge is -2.07. The number of unbranched alkanes of at least 4 members (excludes halogenated alkanes) is 4. The van der Waals surface area contributed by atoms with E-state index >= 15 is 0 Å². The molecule has 0 radical (unpaired) electrons. The Morgan fingerprint density at radius 1 is 1.12 bits per heavy atom. The first kappa shape index (κ1) is 21.4. The van der Waals surface area contributed by atoms with Gasteiger partial charge in [-0.2, -0.15) is 0 Å². The van der Waals surface area contributed by atoms with Gasteiger partial charge in [-0.25, -0.2) is 0 Å². The molecule has 0 unspecified atom stereocenters. The van der Waals surface area contributed by atoms with Gasteiger partial charge in [-0.3, -0.25) is 4.79 Å². The SMILES string of the molecule is CCCCCCC[C@H](O)C/C=C/CCC(=O)NCCc1ccccc1. The molecule has 0 saturated carbocycles. The second kappa shape index (κ2) is 14.7. The Labute approximate surface area is 153 Å². The Kier molecular flexibility index (Phi) is 12.6. The zero-order valence-electron chi connectivity index (χ0n) is 15.8. The Morgan fingerprint density at radius 2 is 1.88 bits per heavy atom. The summed E-state index contributed by atoms with van der Waals surface area (Å²) in [5, 5.41) is 12.9. The van der Waals surface area contributed by atoms with Crippen molar-refractivity contribution in [2.24, 2.45) is 0 Å². The Balaban J connectivity index is 1.98. The molecule has 1 atom stereocenters. The van der Waals surface area contributed by atoms with Crippen molar-refractivity contribution in [3.8, 4) is 0 Å². The molecule has 0 aliphatic heterocycles. The van der Waals surface area contributed by atoms with Crippen LogP contribution in [0.5, 0.6) is 0 Å². The Morgan fingerprint density at radius 3 is 2.64 bits per heavy atom. The van der Waals surface area contributed by atoms with Crippen LogP contribution >= 0.6 is 0 Å². The predicted molar refractivity (Wildman–Crippen MR) is 106 cm³/mol. The number of rotatable bonds is 14. The van der Waals surface area contributed by atoms with Crippen LogP contribution in [0.3, 0.4) is 0 Å². The van der Waals surface area contributed by atoms with Crippen LogP contribution in [0.1, 0.15) is 70.3 Å². The van der Waals surface area contributed by atoms with Gasteiger partial charge in [0, 0.05) is 13.0 Å². The number of aliphatic hydroxyl groups excluding tert-OH is 1. The summed E-state index contributed by atoms with van der Waals surface area (Å²) in [5.41, 5.74) is 1.24. The standard InChI is InChI=1S/C22H35NO2/c1-2-3-4-5-10-15-21(24)16-11-7-12-17-22(25)23-19-18-20-13-8-6-9-14-20/h6-9,11,13-14,21,24H,2-5,10,12,15-19H2,1H3,(H,23,25)/b11-7+/t21-/m0/s1. The van der Waals surface area contributed by atoms with Crippen LogP contribution in [-0.2, 0) is 11.2 Å². The van der Waals surface area contributed by atoms with Crippen LogP contribution in [0.15, 0.2) is 42.5 Å². The molecule has 1 aromatic rings. The van der Waals surface area contributed by atoms with Gasteiger partial charge in [0.15, 0.2) is 0 Å². The zero-order valence-corrected chi connectivity index (χ0v) is 15.8. The molecule has 0 fully saturated rings. The maximum atomic E-state index is 11.8. The summed E-state index contributed by atoms with van der Waals surface area (Å²) in [6.07, 6.45) is 13.6. The highest BCUT2D eigenvalue weighted by Gasteiger charge is 2.02. The van der Waals surface area contributed by atoms with Gasteiger partial charge in [0.1, 0.15) is 0 Å². The molecule has 0 saturated heterocycles. The lowest BCUT2D eigenvalue weighted by molar-refractivity contribution is -0.120. The summed E-state index contributed by atoms with van der Waals surface area (Å²) in [6, 6.07) is 10.2. The van der Waals surface area contributed by atoms with Crippen molar-refractivity contribution in [1.82, 2.24) is 5.32 Å². The van der Waals surface area contributed by atoms with Gasteiger partial charge in [-0.15, -0.1) is 0 Å². The fourth-order valence-electron chi connectivity index (χ4n) is 2.77. The van der Waals surface area contributed by atoms with Crippen molar-refractivity contribution < 1.29 is 9.90 Å². The lowest BCUT2D eigenvalue weighted by Crippen LogP contribution is -2.25. The highest BCUT2D eigenvalue weighted by atomic mass is 16.3. The first-order chi connectivity index (χ1) is 12.2. The minimum absolute atomic E-state index is 0.0945. The van der Waals surface area contributed by atoms with Gasteiger partial charge in [0.05, 0.1) is 6.10 Å². The first-order valence-electron chi connectivity index (χ1n) is 9.86. The molecule has 140 valence electrons.